The van der Waals surface area contributed by atoms with E-state index in [9.17, 15) is 19.1 Å². The molecule has 3 aromatic rings. The fourth-order valence-corrected chi connectivity index (χ4v) is 4.25. The van der Waals surface area contributed by atoms with Crippen molar-refractivity contribution in [3.63, 3.8) is 0 Å². The highest BCUT2D eigenvalue weighted by atomic mass is 19.1. The molecule has 7 nitrogen and oxygen atoms in total. The Morgan fingerprint density at radius 1 is 1.15 bits per heavy atom. The third-order valence-corrected chi connectivity index (χ3v) is 6.00. The van der Waals surface area contributed by atoms with Crippen LogP contribution >= 0.6 is 0 Å². The molecule has 1 fully saturated rings. The number of carbonyl (C=O) groups is 1. The minimum atomic E-state index is -0.671. The van der Waals surface area contributed by atoms with Gasteiger partial charge < -0.3 is 10.4 Å². The molecule has 2 aromatic carbocycles. The van der Waals surface area contributed by atoms with Crippen molar-refractivity contribution in [3.8, 4) is 5.75 Å². The number of hydrogen-bond acceptors (Lipinski definition) is 5. The minimum Gasteiger partial charge on any atom is -0.501 e. The van der Waals surface area contributed by atoms with Gasteiger partial charge in [0.05, 0.1) is 0 Å². The number of carbonyl (C=O) groups excluding carboxylic acids is 1. The summed E-state index contributed by atoms with van der Waals surface area (Å²) >= 11 is 0. The van der Waals surface area contributed by atoms with Crippen LogP contribution in [-0.4, -0.2) is 38.6 Å². The number of nitrogens with zero attached hydrogens (tertiary/aromatic N) is 3. The summed E-state index contributed by atoms with van der Waals surface area (Å²) in [7, 11) is 1.57. The van der Waals surface area contributed by atoms with Crippen molar-refractivity contribution >= 4 is 5.91 Å². The minimum absolute atomic E-state index is 0.0376. The largest absolute Gasteiger partial charge is 0.501 e. The summed E-state index contributed by atoms with van der Waals surface area (Å²) in [5.41, 5.74) is 0.978. The lowest BCUT2D eigenvalue weighted by Crippen LogP contribution is -2.37. The van der Waals surface area contributed by atoms with E-state index in [0.717, 1.165) is 25.9 Å². The molecule has 33 heavy (non-hydrogen) atoms. The molecule has 0 radical (unpaired) electrons. The van der Waals surface area contributed by atoms with Crippen LogP contribution in [0.1, 0.15) is 46.2 Å². The van der Waals surface area contributed by atoms with Crippen LogP contribution in [0.4, 0.5) is 4.39 Å². The predicted molar refractivity (Wildman–Crippen MR) is 122 cm³/mol. The molecule has 0 bridgehead atoms. The Balaban J connectivity index is 1.52. The summed E-state index contributed by atoms with van der Waals surface area (Å²) in [5.74, 6) is -1.23. The van der Waals surface area contributed by atoms with Crippen molar-refractivity contribution in [1.82, 2.24) is 19.8 Å². The third-order valence-electron chi connectivity index (χ3n) is 6.00. The fourth-order valence-electron chi connectivity index (χ4n) is 4.25. The quantitative estimate of drug-likeness (QED) is 0.603. The smallest absolute Gasteiger partial charge is 0.296 e. The average molecular weight is 451 g/mol. The lowest BCUT2D eigenvalue weighted by atomic mass is 9.96. The first-order chi connectivity index (χ1) is 15.9. The molecular formula is C25H27FN4O3. The molecule has 1 aliphatic rings. The van der Waals surface area contributed by atoms with Crippen LogP contribution < -0.4 is 10.9 Å². The summed E-state index contributed by atoms with van der Waals surface area (Å²) < 4.78 is 14.4. The molecule has 2 heterocycles. The summed E-state index contributed by atoms with van der Waals surface area (Å²) in [6, 6.07) is 15.9. The monoisotopic (exact) mass is 450 g/mol. The van der Waals surface area contributed by atoms with Gasteiger partial charge in [0.1, 0.15) is 11.6 Å². The summed E-state index contributed by atoms with van der Waals surface area (Å²) in [4.78, 5) is 32.2. The Kier molecular flexibility index (Phi) is 6.84. The zero-order valence-electron chi connectivity index (χ0n) is 18.5. The molecule has 4 rings (SSSR count). The zero-order chi connectivity index (χ0) is 23.4. The number of amides is 1. The predicted octanol–water partition coefficient (Wildman–Crippen LogP) is 2.93. The van der Waals surface area contributed by atoms with Crippen molar-refractivity contribution in [3.05, 3.63) is 93.4 Å². The molecule has 1 saturated heterocycles. The van der Waals surface area contributed by atoms with Gasteiger partial charge in [0.2, 0.25) is 5.75 Å². The van der Waals surface area contributed by atoms with Crippen molar-refractivity contribution in [2.45, 2.75) is 31.8 Å². The van der Waals surface area contributed by atoms with Crippen LogP contribution in [-0.2, 0) is 20.1 Å². The van der Waals surface area contributed by atoms with Gasteiger partial charge in [-0.15, -0.1) is 0 Å². The highest BCUT2D eigenvalue weighted by molar-refractivity contribution is 5.94. The number of halogens is 1. The molecule has 1 unspecified atom stereocenters. The van der Waals surface area contributed by atoms with Crippen LogP contribution in [0.5, 0.6) is 5.75 Å². The lowest BCUT2D eigenvalue weighted by Gasteiger charge is -2.33. The van der Waals surface area contributed by atoms with Gasteiger partial charge in [0.25, 0.3) is 11.5 Å². The standard InChI is InChI=1S/C25H27FN4O3/c1-29-23(19-8-5-13-30(16-19)15-18-6-3-2-4-7-18)28-21(22(31)25(29)33)24(32)27-14-17-9-11-20(26)12-10-17/h2-4,6-7,9-12,19,31H,5,8,13-16H2,1H3,(H,27,32). The first-order valence-electron chi connectivity index (χ1n) is 11.0. The van der Waals surface area contributed by atoms with Gasteiger partial charge in [-0.05, 0) is 42.6 Å². The number of aromatic nitrogens is 2. The lowest BCUT2D eigenvalue weighted by molar-refractivity contribution is 0.0941. The second-order valence-electron chi connectivity index (χ2n) is 8.40. The maximum Gasteiger partial charge on any atom is 0.296 e. The number of hydrogen-bond donors (Lipinski definition) is 2. The van der Waals surface area contributed by atoms with E-state index in [1.807, 2.05) is 18.2 Å². The SMILES string of the molecule is Cn1c(C2CCCN(Cc3ccccc3)C2)nc(C(=O)NCc2ccc(F)cc2)c(O)c1=O. The number of piperidine rings is 1. The molecule has 172 valence electrons. The molecule has 0 spiro atoms. The van der Waals surface area contributed by atoms with Crippen LogP contribution in [0.15, 0.2) is 59.4 Å². The molecule has 8 heteroatoms. The number of likely N-dealkylation sites (tertiary alicyclic amines) is 1. The maximum absolute atomic E-state index is 13.1. The third kappa shape index (κ3) is 5.28. The van der Waals surface area contributed by atoms with Crippen LogP contribution in [0, 0.1) is 5.82 Å². The van der Waals surface area contributed by atoms with E-state index in [4.69, 9.17) is 0 Å². The number of nitrogens with one attached hydrogen (secondary N) is 1. The van der Waals surface area contributed by atoms with Crippen molar-refractivity contribution in [2.75, 3.05) is 13.1 Å². The van der Waals surface area contributed by atoms with E-state index in [1.54, 1.807) is 19.2 Å². The number of rotatable bonds is 6. The van der Waals surface area contributed by atoms with Gasteiger partial charge in [-0.25, -0.2) is 9.37 Å². The topological polar surface area (TPSA) is 87.5 Å². The Morgan fingerprint density at radius 3 is 2.61 bits per heavy atom. The first kappa shape index (κ1) is 22.7. The second kappa shape index (κ2) is 9.95. The Hall–Kier alpha value is -3.52. The zero-order valence-corrected chi connectivity index (χ0v) is 18.5. The highest BCUT2D eigenvalue weighted by Gasteiger charge is 2.28. The number of benzene rings is 2. The molecule has 1 atom stereocenters. The van der Waals surface area contributed by atoms with E-state index in [0.29, 0.717) is 17.9 Å². The average Bonchev–Trinajstić information content (AvgIpc) is 2.83. The van der Waals surface area contributed by atoms with Crippen LogP contribution in [0.2, 0.25) is 0 Å². The second-order valence-corrected chi connectivity index (χ2v) is 8.40. The molecule has 1 aromatic heterocycles. The summed E-state index contributed by atoms with van der Waals surface area (Å²) in [5, 5.41) is 13.0. The molecule has 0 aliphatic carbocycles. The van der Waals surface area contributed by atoms with E-state index in [1.165, 1.54) is 22.3 Å². The Morgan fingerprint density at radius 2 is 1.88 bits per heavy atom. The molecule has 1 aliphatic heterocycles. The van der Waals surface area contributed by atoms with Gasteiger partial charge in [-0.2, -0.15) is 0 Å². The van der Waals surface area contributed by atoms with Crippen molar-refractivity contribution in [1.29, 1.82) is 0 Å². The Bertz CT molecular complexity index is 1180. The van der Waals surface area contributed by atoms with Gasteiger partial charge in [-0.1, -0.05) is 42.5 Å². The summed E-state index contributed by atoms with van der Waals surface area (Å²) in [6.07, 6.45) is 1.79. The van der Waals surface area contributed by atoms with Crippen LogP contribution in [0.25, 0.3) is 0 Å². The van der Waals surface area contributed by atoms with E-state index in [-0.39, 0.29) is 24.0 Å². The Labute approximate surface area is 191 Å². The van der Waals surface area contributed by atoms with Gasteiger partial charge >= 0.3 is 0 Å². The normalized spacial score (nSPS) is 16.5. The van der Waals surface area contributed by atoms with Gasteiger partial charge in [-0.3, -0.25) is 19.1 Å². The molecule has 2 N–H and O–H groups in total. The van der Waals surface area contributed by atoms with E-state index in [2.05, 4.69) is 27.3 Å². The maximum atomic E-state index is 13.1. The van der Waals surface area contributed by atoms with Gasteiger partial charge in [0, 0.05) is 32.6 Å². The van der Waals surface area contributed by atoms with Crippen LogP contribution in [0.3, 0.4) is 0 Å². The van der Waals surface area contributed by atoms with E-state index >= 15 is 0 Å². The van der Waals surface area contributed by atoms with Gasteiger partial charge in [0.15, 0.2) is 5.69 Å². The molecule has 1 amide bonds. The first-order valence-corrected chi connectivity index (χ1v) is 11.0. The molecule has 0 saturated carbocycles. The van der Waals surface area contributed by atoms with E-state index < -0.39 is 17.2 Å². The van der Waals surface area contributed by atoms with Crippen molar-refractivity contribution < 1.29 is 14.3 Å². The fraction of sp³-hybridized carbons (Fsp3) is 0.320. The molecular weight excluding hydrogens is 423 g/mol. The number of aromatic hydroxyl groups is 1. The van der Waals surface area contributed by atoms with Crippen molar-refractivity contribution in [2.24, 2.45) is 7.05 Å². The highest BCUT2D eigenvalue weighted by Crippen LogP contribution is 2.27. The summed E-state index contributed by atoms with van der Waals surface area (Å²) in [6.45, 7) is 2.58.